The van der Waals surface area contributed by atoms with Gasteiger partial charge in [0.25, 0.3) is 0 Å². The average Bonchev–Trinajstić information content (AvgIpc) is 3.08. The van der Waals surface area contributed by atoms with Crippen LogP contribution < -0.4 is 0 Å². The van der Waals surface area contributed by atoms with Gasteiger partial charge in [-0.15, -0.1) is 0 Å². The third-order valence-corrected chi connectivity index (χ3v) is 5.10. The maximum Gasteiger partial charge on any atom is 0.0602 e. The van der Waals surface area contributed by atoms with E-state index in [-0.39, 0.29) is 6.10 Å². The highest BCUT2D eigenvalue weighted by molar-refractivity contribution is 5.15. The molecule has 0 bridgehead atoms. The van der Waals surface area contributed by atoms with E-state index >= 15 is 0 Å². The first-order chi connectivity index (χ1) is 6.71. The van der Waals surface area contributed by atoms with E-state index in [1.165, 1.54) is 44.9 Å². The van der Waals surface area contributed by atoms with Gasteiger partial charge in [-0.3, -0.25) is 0 Å². The molecule has 1 N–H and O–H groups in total. The number of hydrogen-bond donors (Lipinski definition) is 1. The molecule has 2 unspecified atom stereocenters. The van der Waals surface area contributed by atoms with Crippen LogP contribution in [0.3, 0.4) is 0 Å². The van der Waals surface area contributed by atoms with Crippen LogP contribution in [0.15, 0.2) is 0 Å². The monoisotopic (exact) mass is 194 g/mol. The van der Waals surface area contributed by atoms with Crippen molar-refractivity contribution in [3.05, 3.63) is 0 Å². The van der Waals surface area contributed by atoms with Crippen molar-refractivity contribution in [3.63, 3.8) is 0 Å². The molecule has 0 aromatic rings. The summed E-state index contributed by atoms with van der Waals surface area (Å²) in [7, 11) is 0. The lowest BCUT2D eigenvalue weighted by atomic mass is 9.79. The lowest BCUT2D eigenvalue weighted by Crippen LogP contribution is -2.27. The normalized spacial score (nSPS) is 46.3. The van der Waals surface area contributed by atoms with Crippen LogP contribution in [0.2, 0.25) is 0 Å². The fraction of sp³-hybridized carbons (Fsp3) is 1.00. The predicted molar refractivity (Wildman–Crippen MR) is 56.9 cm³/mol. The van der Waals surface area contributed by atoms with E-state index in [1.54, 1.807) is 0 Å². The molecule has 3 fully saturated rings. The Hall–Kier alpha value is -0.0400. The Balaban J connectivity index is 1.55. The van der Waals surface area contributed by atoms with Gasteiger partial charge in [0, 0.05) is 0 Å². The second-order valence-electron chi connectivity index (χ2n) is 6.18. The van der Waals surface area contributed by atoms with Crippen LogP contribution in [0.25, 0.3) is 0 Å². The van der Waals surface area contributed by atoms with E-state index in [0.29, 0.717) is 17.3 Å². The Morgan fingerprint density at radius 1 is 1.14 bits per heavy atom. The minimum Gasteiger partial charge on any atom is -0.393 e. The van der Waals surface area contributed by atoms with Gasteiger partial charge in [0.1, 0.15) is 0 Å². The predicted octanol–water partition coefficient (Wildman–Crippen LogP) is 2.97. The SMILES string of the molecule is CC1CCC(C(O)C2CC23CC3)CC1. The van der Waals surface area contributed by atoms with Crippen molar-refractivity contribution >= 4 is 0 Å². The summed E-state index contributed by atoms with van der Waals surface area (Å²) < 4.78 is 0. The molecule has 2 atom stereocenters. The maximum absolute atomic E-state index is 10.3. The zero-order valence-corrected chi connectivity index (χ0v) is 9.21. The summed E-state index contributed by atoms with van der Waals surface area (Å²) in [6.07, 6.45) is 9.51. The highest BCUT2D eigenvalue weighted by atomic mass is 16.3. The van der Waals surface area contributed by atoms with E-state index in [1.807, 2.05) is 0 Å². The molecule has 3 rings (SSSR count). The molecule has 1 spiro atoms. The smallest absolute Gasteiger partial charge is 0.0602 e. The van der Waals surface area contributed by atoms with Crippen LogP contribution in [0.1, 0.15) is 51.9 Å². The molecule has 0 aromatic carbocycles. The van der Waals surface area contributed by atoms with E-state index in [9.17, 15) is 5.11 Å². The topological polar surface area (TPSA) is 20.2 Å². The van der Waals surface area contributed by atoms with Gasteiger partial charge in [-0.25, -0.2) is 0 Å². The number of aliphatic hydroxyl groups excluding tert-OH is 1. The van der Waals surface area contributed by atoms with Crippen LogP contribution >= 0.6 is 0 Å². The van der Waals surface area contributed by atoms with Gasteiger partial charge >= 0.3 is 0 Å². The summed E-state index contributed by atoms with van der Waals surface area (Å²) in [5.74, 6) is 2.27. The molecule has 0 radical (unpaired) electrons. The van der Waals surface area contributed by atoms with Gasteiger partial charge in [0.2, 0.25) is 0 Å². The molecule has 0 aliphatic heterocycles. The third-order valence-electron chi connectivity index (χ3n) is 5.10. The summed E-state index contributed by atoms with van der Waals surface area (Å²) in [6.45, 7) is 2.35. The van der Waals surface area contributed by atoms with Gasteiger partial charge in [0.05, 0.1) is 6.10 Å². The minimum absolute atomic E-state index is 0.0602. The highest BCUT2D eigenvalue weighted by Crippen LogP contribution is 2.72. The largest absolute Gasteiger partial charge is 0.393 e. The Morgan fingerprint density at radius 3 is 2.29 bits per heavy atom. The van der Waals surface area contributed by atoms with Gasteiger partial charge in [-0.1, -0.05) is 19.8 Å². The molecule has 80 valence electrons. The molecular weight excluding hydrogens is 172 g/mol. The Kier molecular flexibility index (Phi) is 1.96. The third kappa shape index (κ3) is 1.41. The fourth-order valence-corrected chi connectivity index (χ4v) is 3.55. The number of rotatable bonds is 2. The zero-order chi connectivity index (χ0) is 9.76. The van der Waals surface area contributed by atoms with Crippen molar-refractivity contribution in [1.82, 2.24) is 0 Å². The van der Waals surface area contributed by atoms with Crippen LogP contribution in [0.5, 0.6) is 0 Å². The fourth-order valence-electron chi connectivity index (χ4n) is 3.55. The number of hydrogen-bond acceptors (Lipinski definition) is 1. The first kappa shape index (κ1) is 9.21. The van der Waals surface area contributed by atoms with Crippen molar-refractivity contribution < 1.29 is 5.11 Å². The minimum atomic E-state index is 0.0602. The summed E-state index contributed by atoms with van der Waals surface area (Å²) in [4.78, 5) is 0. The van der Waals surface area contributed by atoms with E-state index in [0.717, 1.165) is 5.92 Å². The first-order valence-electron chi connectivity index (χ1n) is 6.39. The Bertz CT molecular complexity index is 223. The number of aliphatic hydroxyl groups is 1. The molecule has 3 aliphatic carbocycles. The van der Waals surface area contributed by atoms with Crippen LogP contribution in [-0.4, -0.2) is 11.2 Å². The second kappa shape index (κ2) is 2.98. The molecule has 3 saturated carbocycles. The van der Waals surface area contributed by atoms with Crippen molar-refractivity contribution in [2.45, 2.75) is 58.0 Å². The Labute approximate surface area is 86.9 Å². The molecule has 3 aliphatic rings. The lowest BCUT2D eigenvalue weighted by molar-refractivity contribution is 0.0524. The quantitative estimate of drug-likeness (QED) is 0.716. The van der Waals surface area contributed by atoms with Gasteiger partial charge in [0.15, 0.2) is 0 Å². The zero-order valence-electron chi connectivity index (χ0n) is 9.21. The second-order valence-corrected chi connectivity index (χ2v) is 6.18. The summed E-state index contributed by atoms with van der Waals surface area (Å²) >= 11 is 0. The average molecular weight is 194 g/mol. The first-order valence-corrected chi connectivity index (χ1v) is 6.39. The summed E-state index contributed by atoms with van der Waals surface area (Å²) in [6, 6.07) is 0. The van der Waals surface area contributed by atoms with Crippen molar-refractivity contribution in [3.8, 4) is 0 Å². The standard InChI is InChI=1S/C13H22O/c1-9-2-4-10(5-3-9)12(14)11-8-13(11)6-7-13/h9-12,14H,2-8H2,1H3. The van der Waals surface area contributed by atoms with Gasteiger partial charge < -0.3 is 5.11 Å². The van der Waals surface area contributed by atoms with Crippen molar-refractivity contribution in [2.24, 2.45) is 23.2 Å². The lowest BCUT2D eigenvalue weighted by Gasteiger charge is -2.30. The van der Waals surface area contributed by atoms with Crippen LogP contribution in [-0.2, 0) is 0 Å². The van der Waals surface area contributed by atoms with E-state index in [2.05, 4.69) is 6.92 Å². The van der Waals surface area contributed by atoms with Crippen molar-refractivity contribution in [2.75, 3.05) is 0 Å². The summed E-state index contributed by atoms with van der Waals surface area (Å²) in [5.41, 5.74) is 0.683. The highest BCUT2D eigenvalue weighted by Gasteiger charge is 2.65. The van der Waals surface area contributed by atoms with E-state index < -0.39 is 0 Å². The molecule has 0 aromatic heterocycles. The van der Waals surface area contributed by atoms with E-state index in [4.69, 9.17) is 0 Å². The van der Waals surface area contributed by atoms with Gasteiger partial charge in [-0.2, -0.15) is 0 Å². The molecule has 1 heteroatoms. The molecule has 1 nitrogen and oxygen atoms in total. The summed E-state index contributed by atoms with van der Waals surface area (Å²) in [5, 5.41) is 10.3. The molecular formula is C13H22O. The molecule has 0 amide bonds. The molecule has 0 heterocycles. The van der Waals surface area contributed by atoms with Crippen LogP contribution in [0, 0.1) is 23.2 Å². The van der Waals surface area contributed by atoms with Crippen molar-refractivity contribution in [1.29, 1.82) is 0 Å². The van der Waals surface area contributed by atoms with Gasteiger partial charge in [-0.05, 0) is 55.3 Å². The Morgan fingerprint density at radius 2 is 1.79 bits per heavy atom. The molecule has 14 heavy (non-hydrogen) atoms. The van der Waals surface area contributed by atoms with Crippen LogP contribution in [0.4, 0.5) is 0 Å². The maximum atomic E-state index is 10.3. The molecule has 0 saturated heterocycles.